The largest absolute Gasteiger partial charge is 0.492 e. The molecule has 2 heterocycles. The third-order valence-corrected chi connectivity index (χ3v) is 2.94. The number of rotatable bonds is 2. The van der Waals surface area contributed by atoms with Crippen molar-refractivity contribution in [2.24, 2.45) is 0 Å². The van der Waals surface area contributed by atoms with Crippen molar-refractivity contribution in [3.8, 4) is 5.75 Å². The topological polar surface area (TPSA) is 55.7 Å². The molecule has 2 aromatic heterocycles. The predicted octanol–water partition coefficient (Wildman–Crippen LogP) is 3.24. The average Bonchev–Trinajstić information content (AvgIpc) is 2.92. The van der Waals surface area contributed by atoms with Gasteiger partial charge in [0.15, 0.2) is 11.3 Å². The number of furan rings is 2. The smallest absolute Gasteiger partial charge is 0.176 e. The zero-order chi connectivity index (χ0) is 12.0. The molecule has 0 aliphatic carbocycles. The summed E-state index contributed by atoms with van der Waals surface area (Å²) in [6.45, 7) is 1.70. The molecule has 4 nitrogen and oxygen atoms in total. The van der Waals surface area contributed by atoms with Gasteiger partial charge in [0.2, 0.25) is 0 Å². The molecule has 4 heteroatoms. The van der Waals surface area contributed by atoms with Gasteiger partial charge in [-0.15, -0.1) is 0 Å². The lowest BCUT2D eigenvalue weighted by molar-refractivity contribution is 0.201. The lowest BCUT2D eigenvalue weighted by atomic mass is 10.0. The van der Waals surface area contributed by atoms with E-state index in [0.29, 0.717) is 16.9 Å². The highest BCUT2D eigenvalue weighted by atomic mass is 16.5. The van der Waals surface area contributed by atoms with Crippen LogP contribution in [0, 0.1) is 0 Å². The van der Waals surface area contributed by atoms with E-state index < -0.39 is 6.10 Å². The molecule has 0 amide bonds. The molecule has 0 saturated carbocycles. The van der Waals surface area contributed by atoms with Crippen molar-refractivity contribution < 1.29 is 18.7 Å². The van der Waals surface area contributed by atoms with Crippen molar-refractivity contribution in [3.05, 3.63) is 30.2 Å². The molecule has 1 N–H and O–H groups in total. The van der Waals surface area contributed by atoms with Gasteiger partial charge in [-0.05, 0) is 19.1 Å². The Bertz CT molecular complexity index is 623. The van der Waals surface area contributed by atoms with Gasteiger partial charge < -0.3 is 18.7 Å². The molecule has 0 aliphatic rings. The van der Waals surface area contributed by atoms with E-state index in [9.17, 15) is 5.11 Å². The summed E-state index contributed by atoms with van der Waals surface area (Å²) in [4.78, 5) is 0. The minimum atomic E-state index is -0.630. The highest BCUT2D eigenvalue weighted by Crippen LogP contribution is 2.41. The maximum atomic E-state index is 9.88. The van der Waals surface area contributed by atoms with E-state index in [1.54, 1.807) is 26.6 Å². The van der Waals surface area contributed by atoms with E-state index in [0.717, 1.165) is 16.3 Å². The second kappa shape index (κ2) is 3.53. The molecule has 88 valence electrons. The molecule has 1 aromatic carbocycles. The molecule has 3 rings (SSSR count). The summed E-state index contributed by atoms with van der Waals surface area (Å²) >= 11 is 0. The molecule has 1 unspecified atom stereocenters. The van der Waals surface area contributed by atoms with Crippen LogP contribution in [-0.4, -0.2) is 12.2 Å². The molecule has 0 bridgehead atoms. The molecule has 0 aliphatic heterocycles. The van der Waals surface area contributed by atoms with E-state index in [-0.39, 0.29) is 0 Å². The Kier molecular flexibility index (Phi) is 2.12. The number of methoxy groups -OCH3 is 1. The molecular weight excluding hydrogens is 220 g/mol. The summed E-state index contributed by atoms with van der Waals surface area (Å²) in [6, 6.07) is 3.61. The monoisotopic (exact) mass is 232 g/mol. The maximum absolute atomic E-state index is 9.88. The number of aliphatic hydroxyl groups is 1. The van der Waals surface area contributed by atoms with Crippen LogP contribution in [0.15, 0.2) is 33.5 Å². The van der Waals surface area contributed by atoms with Gasteiger partial charge in [0.25, 0.3) is 0 Å². The zero-order valence-electron chi connectivity index (χ0n) is 9.56. The van der Waals surface area contributed by atoms with Crippen LogP contribution in [0.2, 0.25) is 0 Å². The Balaban J connectivity index is 2.58. The van der Waals surface area contributed by atoms with Crippen LogP contribution < -0.4 is 4.74 Å². The molecular formula is C13H12O4. The minimum Gasteiger partial charge on any atom is -0.492 e. The summed E-state index contributed by atoms with van der Waals surface area (Å²) in [6.07, 6.45) is 2.53. The normalized spacial score (nSPS) is 13.4. The molecule has 0 radical (unpaired) electrons. The molecule has 0 fully saturated rings. The first-order valence-electron chi connectivity index (χ1n) is 5.36. The molecule has 17 heavy (non-hydrogen) atoms. The van der Waals surface area contributed by atoms with E-state index in [2.05, 4.69) is 0 Å². The first-order valence-corrected chi connectivity index (χ1v) is 5.36. The minimum absolute atomic E-state index is 0.630. The third kappa shape index (κ3) is 1.27. The van der Waals surface area contributed by atoms with E-state index in [4.69, 9.17) is 13.6 Å². The fourth-order valence-electron chi connectivity index (χ4n) is 2.26. The fourth-order valence-corrected chi connectivity index (χ4v) is 2.26. The number of hydrogen-bond donors (Lipinski definition) is 1. The summed E-state index contributed by atoms with van der Waals surface area (Å²) < 4.78 is 16.2. The summed E-state index contributed by atoms with van der Waals surface area (Å²) in [5, 5.41) is 11.5. The SMILES string of the molecule is COc1c2ccoc2c(C(C)O)c2ccoc12. The van der Waals surface area contributed by atoms with Crippen molar-refractivity contribution in [3.63, 3.8) is 0 Å². The molecule has 0 saturated heterocycles. The predicted molar refractivity (Wildman–Crippen MR) is 63.2 cm³/mol. The van der Waals surface area contributed by atoms with Gasteiger partial charge in [-0.2, -0.15) is 0 Å². The second-order valence-corrected chi connectivity index (χ2v) is 3.95. The lowest BCUT2D eigenvalue weighted by Crippen LogP contribution is -1.94. The quantitative estimate of drug-likeness (QED) is 0.736. The second-order valence-electron chi connectivity index (χ2n) is 3.95. The first-order chi connectivity index (χ1) is 8.24. The van der Waals surface area contributed by atoms with Crippen molar-refractivity contribution in [2.75, 3.05) is 7.11 Å². The Labute approximate surface area is 97.4 Å². The van der Waals surface area contributed by atoms with Crippen molar-refractivity contribution in [1.82, 2.24) is 0 Å². The number of benzene rings is 1. The number of ether oxygens (including phenoxy) is 1. The Morgan fingerprint density at radius 2 is 1.76 bits per heavy atom. The molecule has 0 spiro atoms. The van der Waals surface area contributed by atoms with Crippen LogP contribution in [0.4, 0.5) is 0 Å². The van der Waals surface area contributed by atoms with Crippen molar-refractivity contribution >= 4 is 21.9 Å². The van der Waals surface area contributed by atoms with Gasteiger partial charge in [0.05, 0.1) is 31.1 Å². The van der Waals surface area contributed by atoms with Gasteiger partial charge in [-0.25, -0.2) is 0 Å². The van der Waals surface area contributed by atoms with Gasteiger partial charge in [-0.3, -0.25) is 0 Å². The van der Waals surface area contributed by atoms with Crippen LogP contribution >= 0.6 is 0 Å². The van der Waals surface area contributed by atoms with E-state index in [1.807, 2.05) is 12.1 Å². The molecule has 3 aromatic rings. The maximum Gasteiger partial charge on any atom is 0.176 e. The summed E-state index contributed by atoms with van der Waals surface area (Å²) in [7, 11) is 1.59. The van der Waals surface area contributed by atoms with Crippen LogP contribution in [-0.2, 0) is 0 Å². The zero-order valence-corrected chi connectivity index (χ0v) is 9.56. The van der Waals surface area contributed by atoms with E-state index in [1.165, 1.54) is 0 Å². The Morgan fingerprint density at radius 1 is 1.12 bits per heavy atom. The van der Waals surface area contributed by atoms with Crippen LogP contribution in [0.1, 0.15) is 18.6 Å². The molecule has 1 atom stereocenters. The van der Waals surface area contributed by atoms with Crippen LogP contribution in [0.3, 0.4) is 0 Å². The Morgan fingerprint density at radius 3 is 2.41 bits per heavy atom. The van der Waals surface area contributed by atoms with E-state index >= 15 is 0 Å². The number of fused-ring (bicyclic) bond motifs is 2. The number of aliphatic hydroxyl groups excluding tert-OH is 1. The first kappa shape index (κ1) is 10.2. The highest BCUT2D eigenvalue weighted by molar-refractivity contribution is 6.04. The number of hydrogen-bond acceptors (Lipinski definition) is 4. The lowest BCUT2D eigenvalue weighted by Gasteiger charge is -2.10. The van der Waals surface area contributed by atoms with Crippen LogP contribution in [0.5, 0.6) is 5.75 Å². The van der Waals surface area contributed by atoms with Crippen LogP contribution in [0.25, 0.3) is 21.9 Å². The Hall–Kier alpha value is -1.94. The van der Waals surface area contributed by atoms with Gasteiger partial charge >= 0.3 is 0 Å². The standard InChI is InChI=1S/C13H12O4/c1-7(14)10-8-3-5-17-13(8)12(15-2)9-4-6-16-11(9)10/h3-7,14H,1-2H3. The van der Waals surface area contributed by atoms with Crippen molar-refractivity contribution in [1.29, 1.82) is 0 Å². The van der Waals surface area contributed by atoms with Gasteiger partial charge in [0.1, 0.15) is 5.58 Å². The van der Waals surface area contributed by atoms with Gasteiger partial charge in [0, 0.05) is 10.9 Å². The summed E-state index contributed by atoms with van der Waals surface area (Å²) in [5.41, 5.74) is 2.01. The average molecular weight is 232 g/mol. The van der Waals surface area contributed by atoms with Crippen molar-refractivity contribution in [2.45, 2.75) is 13.0 Å². The fraction of sp³-hybridized carbons (Fsp3) is 0.231. The van der Waals surface area contributed by atoms with Gasteiger partial charge in [-0.1, -0.05) is 0 Å². The highest BCUT2D eigenvalue weighted by Gasteiger charge is 2.21. The third-order valence-electron chi connectivity index (χ3n) is 2.94. The summed E-state index contributed by atoms with van der Waals surface area (Å²) in [5.74, 6) is 0.637.